The number of hydrogen-bond acceptors (Lipinski definition) is 58. The van der Waals surface area contributed by atoms with Crippen LogP contribution in [0.1, 0.15) is 34.6 Å². The van der Waals surface area contributed by atoms with Crippen molar-refractivity contribution in [2.45, 2.75) is 397 Å². The third kappa shape index (κ3) is 24.3. The first-order valence-corrected chi connectivity index (χ1v) is 44.3. The molecule has 800 valence electrons. The van der Waals surface area contributed by atoms with Crippen LogP contribution in [0.5, 0.6) is 0 Å². The van der Waals surface area contributed by atoms with Gasteiger partial charge in [-0.2, -0.15) is 0 Å². The van der Waals surface area contributed by atoms with Gasteiger partial charge in [0.25, 0.3) is 0 Å². The monoisotopic (exact) mass is 2020 g/mol. The van der Waals surface area contributed by atoms with Crippen LogP contribution < -0.4 is 16.0 Å². The number of aliphatic hydroxyl groups is 32. The Morgan fingerprint density at radius 2 is 0.464 bits per heavy atom. The molecule has 12 rings (SSSR count). The van der Waals surface area contributed by atoms with Crippen molar-refractivity contribution in [1.82, 2.24) is 16.0 Å². The molecule has 59 atom stereocenters. The molecule has 12 aliphatic heterocycles. The van der Waals surface area contributed by atoms with Crippen LogP contribution in [0.3, 0.4) is 0 Å². The Bertz CT molecular complexity index is 3760. The van der Waals surface area contributed by atoms with Gasteiger partial charge in [-0.1, -0.05) is 0 Å². The van der Waals surface area contributed by atoms with E-state index in [1.807, 2.05) is 0 Å². The predicted molar refractivity (Wildman–Crippen MR) is 421 cm³/mol. The van der Waals surface area contributed by atoms with Crippen molar-refractivity contribution in [3.05, 3.63) is 0 Å². The van der Waals surface area contributed by atoms with Crippen molar-refractivity contribution >= 4 is 17.7 Å². The Labute approximate surface area is 781 Å². The van der Waals surface area contributed by atoms with Crippen LogP contribution in [0.4, 0.5) is 0 Å². The third-order valence-corrected chi connectivity index (χ3v) is 25.9. The van der Waals surface area contributed by atoms with Gasteiger partial charge in [-0.05, 0) is 13.8 Å². The Morgan fingerprint density at radius 1 is 0.203 bits per heavy atom. The average molecular weight is 2020 g/mol. The molecular weight excluding hydrogens is 1890 g/mol. The summed E-state index contributed by atoms with van der Waals surface area (Å²) in [4.78, 5) is 40.3. The van der Waals surface area contributed by atoms with Crippen molar-refractivity contribution in [1.29, 1.82) is 0 Å². The van der Waals surface area contributed by atoms with Crippen LogP contribution in [-0.2, 0) is 123 Å². The van der Waals surface area contributed by atoms with Gasteiger partial charge in [0.05, 0.1) is 78.3 Å². The Morgan fingerprint density at radius 3 is 0.906 bits per heavy atom. The Hall–Kier alpha value is -3.79. The normalized spacial score (nSPS) is 51.5. The van der Waals surface area contributed by atoms with Gasteiger partial charge < -0.3 is 288 Å². The molecule has 3 amide bonds. The smallest absolute Gasteiger partial charge is 0.217 e. The van der Waals surface area contributed by atoms with E-state index in [1.165, 1.54) is 13.8 Å². The topological polar surface area (TPSA) is 947 Å². The summed E-state index contributed by atoms with van der Waals surface area (Å²) in [7, 11) is 0. The SMILES string of the molecule is CC(=O)N[C@@H]1[C@@H](O[C@@H]2O[C@@H](C)[C@@H](O)[C@@H](O)[C@@H]2O)[C@H](O[C@@H]2O[C@H](CO)[C@@H](O[C@@H]3O[C@H](CO[C@H]4O[C@H](CO[C@H]5O[C@H](CO)[C@@H](O)[C@H](O)[C@@H]5O)[C@@H](O)[C@H](O[C@H]5O[C@H](CO)[C@@H](O)[C@H](O)[C@@H]5O)[C@@H]4O)[C@@H](O)[C@H](O[C@H]4O[C@H](CO)[C@@H](O)[C@H](O)[C@@H]4O[C@@H]4O[C@H](CO)[C@@H](O[C@@H]5O[C@@H](C)[C@@H](O)[C@@H](O)[C@@H]5O)[C@H](O[C@@H]5O[C@H](CO)[C@H](O)[C@H](O)[C@H]5O)[C@H]4NC(C)=O)[C@@H]3O[C@@H]3O[C@H](CO)[C@H](O)[C@H]3O)[C@H](O)[C@H]2NC(C)=O)[C@@H](CO)O[C@H]1O. The van der Waals surface area contributed by atoms with Crippen LogP contribution in [0.2, 0.25) is 0 Å². The minimum absolute atomic E-state index is 0.864. The lowest BCUT2D eigenvalue weighted by atomic mass is 9.93. The van der Waals surface area contributed by atoms with Crippen LogP contribution in [-0.4, -0.2) is 609 Å². The van der Waals surface area contributed by atoms with Gasteiger partial charge in [0.1, 0.15) is 274 Å². The molecule has 12 saturated heterocycles. The first kappa shape index (κ1) is 113. The summed E-state index contributed by atoms with van der Waals surface area (Å²) < 4.78 is 140. The molecule has 12 aliphatic rings. The van der Waals surface area contributed by atoms with E-state index < -0.39 is 446 Å². The molecule has 0 aromatic carbocycles. The van der Waals surface area contributed by atoms with Crippen molar-refractivity contribution in [2.75, 3.05) is 66.1 Å². The first-order valence-electron chi connectivity index (χ1n) is 44.3. The zero-order chi connectivity index (χ0) is 101. The molecule has 0 bridgehead atoms. The van der Waals surface area contributed by atoms with E-state index in [2.05, 4.69) is 16.0 Å². The molecule has 12 fully saturated rings. The largest absolute Gasteiger partial charge is 0.394 e. The van der Waals surface area contributed by atoms with E-state index in [9.17, 15) is 178 Å². The number of aliphatic hydroxyl groups excluding tert-OH is 32. The highest BCUT2D eigenvalue weighted by atomic mass is 16.8. The second-order valence-electron chi connectivity index (χ2n) is 35.4. The number of ether oxygens (including phenoxy) is 23. The number of nitrogens with one attached hydrogen (secondary N) is 3. The van der Waals surface area contributed by atoms with E-state index in [-0.39, 0.29) is 0 Å². The molecule has 0 unspecified atom stereocenters. The number of amides is 3. The van der Waals surface area contributed by atoms with Gasteiger partial charge in [0.2, 0.25) is 17.7 Å². The quantitative estimate of drug-likeness (QED) is 0.0280. The molecule has 138 heavy (non-hydrogen) atoms. The molecule has 12 heterocycles. The number of carbonyl (C=O) groups is 3. The summed E-state index contributed by atoms with van der Waals surface area (Å²) >= 11 is 0. The summed E-state index contributed by atoms with van der Waals surface area (Å²) in [6.07, 6.45) is -122. The molecular formula is C77H129N3O58. The van der Waals surface area contributed by atoms with Crippen LogP contribution in [0.25, 0.3) is 0 Å². The minimum Gasteiger partial charge on any atom is -0.394 e. The fourth-order valence-corrected chi connectivity index (χ4v) is 18.1. The predicted octanol–water partition coefficient (Wildman–Crippen LogP) is -24.0. The minimum atomic E-state index is -2.72. The summed E-state index contributed by atoms with van der Waals surface area (Å²) in [5.41, 5.74) is 0. The molecule has 0 spiro atoms. The summed E-state index contributed by atoms with van der Waals surface area (Å²) in [6.45, 7) is -6.82. The standard InChI is InChI=1S/C77H129N3O58/c1-16-34(92)44(102)52(110)71(118-16)132-59-28(13-88)127-68(33(80-20(5)91)61(59)134-74-54(112)47(105)37(95)22(7-82)122-74)137-64-49(107)39(97)24(9-84)125-76(64)136-63-42(100)30(15-117-70-56(114)62(135-75-55(113)48(106)38(96)23(8-83)123-75)41(99)29(128-70)14-116-69-51(109)46(104)36(94)21(6-81)121-69)129-77(65(63)138-73-50(108)40(98)25(10-85)124-73)130-57-26(11-86)126-67(31(43(57)101)78-18(3)89)131-58-27(12-87)120-66(115)32(79-19(4)90)60(58)133-72-53(111)45(103)35(93)17(2)119-72/h16-17,21-77,81-88,92-115H,6-15H2,1-5H3,(H,78,89)(H,79,90)(H,80,91)/t16-,17-,21+,22+,23+,24+,25+,26+,27+,28+,29+,30+,31+,32+,33+,34+,35+,36+,37-,38+,39+,40-,41+,42+,43+,44+,45+,46-,47-,48-,49-,50+,51-,52-,53-,54+,55-,56-,57+,58+,59+,60+,61+,62-,63-,64-,65-,66+,67-,68-,69-,70-,71-,72-,73-,74-,75+,76+,77-/m0/s1. The van der Waals surface area contributed by atoms with E-state index in [0.29, 0.717) is 0 Å². The Kier molecular flexibility index (Phi) is 40.0. The molecule has 0 aliphatic carbocycles. The summed E-state index contributed by atoms with van der Waals surface area (Å²) in [5.74, 6) is -3.08. The van der Waals surface area contributed by atoms with Crippen LogP contribution >= 0.6 is 0 Å². The first-order chi connectivity index (χ1) is 65.3. The van der Waals surface area contributed by atoms with E-state index in [4.69, 9.17) is 109 Å². The molecule has 61 nitrogen and oxygen atoms in total. The maximum absolute atomic E-state index is 13.8. The Balaban J connectivity index is 0.964. The zero-order valence-electron chi connectivity index (χ0n) is 74.1. The van der Waals surface area contributed by atoms with Gasteiger partial charge in [-0.15, -0.1) is 0 Å². The fourth-order valence-electron chi connectivity index (χ4n) is 18.1. The van der Waals surface area contributed by atoms with Crippen LogP contribution in [0.15, 0.2) is 0 Å². The molecule has 35 N–H and O–H groups in total. The lowest BCUT2D eigenvalue weighted by Gasteiger charge is -2.52. The second kappa shape index (κ2) is 48.9. The molecule has 0 saturated carbocycles. The van der Waals surface area contributed by atoms with E-state index in [1.54, 1.807) is 0 Å². The molecule has 0 radical (unpaired) electrons. The highest BCUT2D eigenvalue weighted by Crippen LogP contribution is 2.44. The van der Waals surface area contributed by atoms with E-state index in [0.717, 1.165) is 20.8 Å². The van der Waals surface area contributed by atoms with Gasteiger partial charge in [-0.3, -0.25) is 14.4 Å². The van der Waals surface area contributed by atoms with Gasteiger partial charge in [0, 0.05) is 20.8 Å². The van der Waals surface area contributed by atoms with Crippen molar-refractivity contribution in [3.63, 3.8) is 0 Å². The number of hydrogen-bond donors (Lipinski definition) is 35. The maximum atomic E-state index is 13.8. The number of carbonyl (C=O) groups excluding carboxylic acids is 3. The fraction of sp³-hybridized carbons (Fsp3) is 0.961. The second-order valence-corrected chi connectivity index (χ2v) is 35.4. The van der Waals surface area contributed by atoms with Gasteiger partial charge >= 0.3 is 0 Å². The zero-order valence-corrected chi connectivity index (χ0v) is 74.1. The lowest BCUT2D eigenvalue weighted by Crippen LogP contribution is -2.72. The third-order valence-electron chi connectivity index (χ3n) is 25.9. The van der Waals surface area contributed by atoms with Crippen molar-refractivity contribution < 1.29 is 287 Å². The lowest BCUT2D eigenvalue weighted by molar-refractivity contribution is -0.411. The summed E-state index contributed by atoms with van der Waals surface area (Å²) in [5, 5.41) is 368. The maximum Gasteiger partial charge on any atom is 0.217 e. The van der Waals surface area contributed by atoms with Gasteiger partial charge in [0.15, 0.2) is 75.5 Å². The van der Waals surface area contributed by atoms with E-state index >= 15 is 0 Å². The van der Waals surface area contributed by atoms with Gasteiger partial charge in [-0.25, -0.2) is 0 Å². The molecule has 0 aromatic heterocycles. The molecule has 61 heteroatoms. The van der Waals surface area contributed by atoms with Crippen LogP contribution in [0, 0.1) is 0 Å². The van der Waals surface area contributed by atoms with Crippen molar-refractivity contribution in [2.24, 2.45) is 0 Å². The highest BCUT2D eigenvalue weighted by Gasteiger charge is 2.64. The summed E-state index contributed by atoms with van der Waals surface area (Å²) in [6, 6.07) is -6.20. The number of rotatable bonds is 35. The van der Waals surface area contributed by atoms with Crippen molar-refractivity contribution in [3.8, 4) is 0 Å². The highest BCUT2D eigenvalue weighted by molar-refractivity contribution is 5.74. The average Bonchev–Trinajstić information content (AvgIpc) is 0.804. The molecule has 0 aromatic rings.